The molecule has 38 heavy (non-hydrogen) atoms. The Morgan fingerprint density at radius 1 is 0.500 bits per heavy atom. The molecule has 0 fully saturated rings. The number of carbonyl (C=O) groups is 1. The number of benzene rings is 6. The third-order valence-electron chi connectivity index (χ3n) is 7.56. The fourth-order valence-electron chi connectivity index (χ4n) is 5.75. The Kier molecular flexibility index (Phi) is 4.92. The molecular weight excluding hydrogens is 466 g/mol. The van der Waals surface area contributed by atoms with Crippen molar-refractivity contribution in [2.24, 2.45) is 0 Å². The summed E-state index contributed by atoms with van der Waals surface area (Å²) in [6, 6.07) is 41.6. The van der Waals surface area contributed by atoms with E-state index in [9.17, 15) is 9.90 Å². The zero-order valence-corrected chi connectivity index (χ0v) is 20.5. The Morgan fingerprint density at radius 3 is 1.89 bits per heavy atom. The Balaban J connectivity index is 1.48. The van der Waals surface area contributed by atoms with Gasteiger partial charge in [0.2, 0.25) is 0 Å². The van der Waals surface area contributed by atoms with Gasteiger partial charge in [-0.1, -0.05) is 103 Å². The second kappa shape index (κ2) is 8.46. The van der Waals surface area contributed by atoms with Crippen molar-refractivity contribution >= 4 is 22.4 Å². The van der Waals surface area contributed by atoms with Crippen LogP contribution in [0.4, 0.5) is 5.69 Å². The first-order valence-corrected chi connectivity index (χ1v) is 12.6. The molecule has 0 saturated carbocycles. The summed E-state index contributed by atoms with van der Waals surface area (Å²) in [5.74, 6) is -1.02. The van der Waals surface area contributed by atoms with Gasteiger partial charge in [-0.3, -0.25) is 0 Å². The van der Waals surface area contributed by atoms with Gasteiger partial charge >= 0.3 is 5.97 Å². The van der Waals surface area contributed by atoms with Gasteiger partial charge in [-0.2, -0.15) is 0 Å². The highest BCUT2D eigenvalue weighted by Crippen LogP contribution is 2.51. The van der Waals surface area contributed by atoms with Gasteiger partial charge in [0, 0.05) is 5.39 Å². The summed E-state index contributed by atoms with van der Waals surface area (Å²) in [4.78, 5) is 12.0. The highest BCUT2D eigenvalue weighted by Gasteiger charge is 2.26. The van der Waals surface area contributed by atoms with Gasteiger partial charge in [-0.25, -0.2) is 4.79 Å². The van der Waals surface area contributed by atoms with E-state index in [0.717, 1.165) is 66.4 Å². The smallest absolute Gasteiger partial charge is 0.337 e. The van der Waals surface area contributed by atoms with Crippen LogP contribution in [0.3, 0.4) is 0 Å². The maximum atomic E-state index is 12.0. The van der Waals surface area contributed by atoms with Crippen molar-refractivity contribution in [3.8, 4) is 55.6 Å². The van der Waals surface area contributed by atoms with Crippen molar-refractivity contribution in [2.75, 3.05) is 5.73 Å². The van der Waals surface area contributed by atoms with E-state index in [0.29, 0.717) is 5.69 Å². The lowest BCUT2D eigenvalue weighted by Gasteiger charge is -2.15. The third-order valence-corrected chi connectivity index (χ3v) is 7.56. The van der Waals surface area contributed by atoms with Crippen LogP contribution in [0.2, 0.25) is 0 Å². The molecule has 180 valence electrons. The molecule has 3 nitrogen and oxygen atoms in total. The molecule has 6 aromatic carbocycles. The monoisotopic (exact) mass is 489 g/mol. The van der Waals surface area contributed by atoms with Crippen LogP contribution in [0.15, 0.2) is 121 Å². The first-order chi connectivity index (χ1) is 18.6. The number of rotatable bonds is 4. The minimum Gasteiger partial charge on any atom is -0.478 e. The van der Waals surface area contributed by atoms with E-state index in [-0.39, 0.29) is 5.56 Å². The van der Waals surface area contributed by atoms with Crippen LogP contribution >= 0.6 is 0 Å². The number of nitrogen functional groups attached to an aromatic ring is 1. The SMILES string of the molecule is Nc1c(C(=O)O)cc2c3c(cccc13)-c1ccc(-c3cc(-c4ccccc4)ccc3-c3ccccc3)cc1-2. The molecule has 0 spiro atoms. The molecule has 0 heterocycles. The predicted molar refractivity (Wildman–Crippen MR) is 156 cm³/mol. The quantitative estimate of drug-likeness (QED) is 0.243. The molecule has 0 bridgehead atoms. The lowest BCUT2D eigenvalue weighted by Crippen LogP contribution is -2.03. The molecule has 7 rings (SSSR count). The van der Waals surface area contributed by atoms with Crippen LogP contribution < -0.4 is 5.73 Å². The number of aromatic carboxylic acids is 1. The number of nitrogens with two attached hydrogens (primary N) is 1. The fourth-order valence-corrected chi connectivity index (χ4v) is 5.75. The zero-order valence-electron chi connectivity index (χ0n) is 20.5. The van der Waals surface area contributed by atoms with E-state index in [2.05, 4.69) is 91.0 Å². The first-order valence-electron chi connectivity index (χ1n) is 12.6. The van der Waals surface area contributed by atoms with Crippen LogP contribution in [0.25, 0.3) is 66.4 Å². The van der Waals surface area contributed by atoms with Crippen molar-refractivity contribution in [3.05, 3.63) is 127 Å². The van der Waals surface area contributed by atoms with Crippen molar-refractivity contribution in [1.29, 1.82) is 0 Å². The molecule has 0 saturated heterocycles. The lowest BCUT2D eigenvalue weighted by atomic mass is 9.89. The number of fused-ring (bicyclic) bond motifs is 3. The van der Waals surface area contributed by atoms with Crippen molar-refractivity contribution in [2.45, 2.75) is 0 Å². The molecule has 1 aliphatic rings. The molecule has 0 amide bonds. The van der Waals surface area contributed by atoms with Crippen molar-refractivity contribution < 1.29 is 9.90 Å². The van der Waals surface area contributed by atoms with Crippen LogP contribution in [0.1, 0.15) is 10.4 Å². The molecule has 3 N–H and O–H groups in total. The second-order valence-electron chi connectivity index (χ2n) is 9.67. The lowest BCUT2D eigenvalue weighted by molar-refractivity contribution is 0.0698. The minimum absolute atomic E-state index is 0.138. The van der Waals surface area contributed by atoms with Gasteiger partial charge in [-0.05, 0) is 79.2 Å². The number of carboxylic acid groups (broad SMARTS) is 1. The van der Waals surface area contributed by atoms with E-state index in [1.165, 1.54) is 0 Å². The van der Waals surface area contributed by atoms with Gasteiger partial charge in [0.05, 0.1) is 11.3 Å². The molecule has 1 aliphatic carbocycles. The van der Waals surface area contributed by atoms with E-state index in [4.69, 9.17) is 5.73 Å². The van der Waals surface area contributed by atoms with E-state index >= 15 is 0 Å². The van der Waals surface area contributed by atoms with Crippen LogP contribution in [0.5, 0.6) is 0 Å². The zero-order chi connectivity index (χ0) is 25.8. The molecule has 0 radical (unpaired) electrons. The maximum absolute atomic E-state index is 12.0. The van der Waals surface area contributed by atoms with E-state index in [1.54, 1.807) is 6.07 Å². The number of carboxylic acids is 1. The molecule has 0 aliphatic heterocycles. The first kappa shape index (κ1) is 22.1. The normalized spacial score (nSPS) is 11.5. The minimum atomic E-state index is -1.02. The summed E-state index contributed by atoms with van der Waals surface area (Å²) in [6.07, 6.45) is 0. The Morgan fingerprint density at radius 2 is 1.16 bits per heavy atom. The maximum Gasteiger partial charge on any atom is 0.337 e. The summed E-state index contributed by atoms with van der Waals surface area (Å²) >= 11 is 0. The van der Waals surface area contributed by atoms with Crippen LogP contribution in [-0.4, -0.2) is 11.1 Å². The summed E-state index contributed by atoms with van der Waals surface area (Å²) in [5, 5.41) is 11.7. The molecule has 0 aromatic heterocycles. The summed E-state index contributed by atoms with van der Waals surface area (Å²) in [5.41, 5.74) is 17.7. The average molecular weight is 490 g/mol. The van der Waals surface area contributed by atoms with Gasteiger partial charge in [0.15, 0.2) is 0 Å². The highest BCUT2D eigenvalue weighted by molar-refractivity contribution is 6.21. The average Bonchev–Trinajstić information content (AvgIpc) is 3.29. The fraction of sp³-hybridized carbons (Fsp3) is 0. The Bertz CT molecular complexity index is 1890. The topological polar surface area (TPSA) is 63.3 Å². The van der Waals surface area contributed by atoms with Gasteiger partial charge in [0.1, 0.15) is 0 Å². The van der Waals surface area contributed by atoms with Gasteiger partial charge in [-0.15, -0.1) is 0 Å². The molecular formula is C35H23NO2. The van der Waals surface area contributed by atoms with Crippen molar-refractivity contribution in [1.82, 2.24) is 0 Å². The molecule has 3 heteroatoms. The Labute approximate surface area is 220 Å². The number of hydrogen-bond donors (Lipinski definition) is 2. The Hall–Kier alpha value is -5.15. The molecule has 0 unspecified atom stereocenters. The summed E-state index contributed by atoms with van der Waals surface area (Å²) < 4.78 is 0. The summed E-state index contributed by atoms with van der Waals surface area (Å²) in [6.45, 7) is 0. The van der Waals surface area contributed by atoms with Gasteiger partial charge in [0.25, 0.3) is 0 Å². The van der Waals surface area contributed by atoms with E-state index < -0.39 is 5.97 Å². The molecule has 6 aromatic rings. The van der Waals surface area contributed by atoms with Crippen molar-refractivity contribution in [3.63, 3.8) is 0 Å². The van der Waals surface area contributed by atoms with Gasteiger partial charge < -0.3 is 10.8 Å². The molecule has 0 atom stereocenters. The highest BCUT2D eigenvalue weighted by atomic mass is 16.4. The van der Waals surface area contributed by atoms with E-state index in [1.807, 2.05) is 24.3 Å². The van der Waals surface area contributed by atoms with Crippen LogP contribution in [-0.2, 0) is 0 Å². The standard InChI is InChI=1S/C35H23NO2/c36-34-28-13-7-12-27-26-17-15-24(19-30(26)31(33(27)28)20-32(34)35(37)38)29-18-23(21-8-3-1-4-9-21)14-16-25(29)22-10-5-2-6-11-22/h1-20H,36H2,(H,37,38). The predicted octanol–water partition coefficient (Wildman–Crippen LogP) is 8.77. The van der Waals surface area contributed by atoms with Crippen LogP contribution in [0, 0.1) is 0 Å². The summed E-state index contributed by atoms with van der Waals surface area (Å²) in [7, 11) is 0. The number of hydrogen-bond acceptors (Lipinski definition) is 2. The second-order valence-corrected chi connectivity index (χ2v) is 9.67. The number of anilines is 1. The largest absolute Gasteiger partial charge is 0.478 e. The third kappa shape index (κ3) is 3.33.